The molecule has 26 heavy (non-hydrogen) atoms. The lowest BCUT2D eigenvalue weighted by Gasteiger charge is -2.07. The van der Waals surface area contributed by atoms with Crippen LogP contribution in [0, 0.1) is 0 Å². The number of ether oxygens (including phenoxy) is 1. The number of benzene rings is 2. The second kappa shape index (κ2) is 6.90. The molecule has 0 atom stereocenters. The Bertz CT molecular complexity index is 1080. The Hall–Kier alpha value is -2.69. The van der Waals surface area contributed by atoms with Crippen LogP contribution >= 0.6 is 23.2 Å². The molecule has 0 saturated heterocycles. The number of fused-ring (bicyclic) bond motifs is 1. The molecule has 6 heteroatoms. The molecule has 2 aromatic heterocycles. The molecule has 0 saturated carbocycles. The highest BCUT2D eigenvalue weighted by atomic mass is 35.5. The van der Waals surface area contributed by atoms with E-state index >= 15 is 0 Å². The van der Waals surface area contributed by atoms with E-state index in [-0.39, 0.29) is 11.5 Å². The summed E-state index contributed by atoms with van der Waals surface area (Å²) >= 11 is 11.9. The van der Waals surface area contributed by atoms with Crippen molar-refractivity contribution in [3.63, 3.8) is 0 Å². The second-order valence-electron chi connectivity index (χ2n) is 5.65. The summed E-state index contributed by atoms with van der Waals surface area (Å²) in [5.74, 6) is 0.628. The molecule has 0 bridgehead atoms. The van der Waals surface area contributed by atoms with E-state index in [9.17, 15) is 4.79 Å². The minimum absolute atomic E-state index is 0.240. The Morgan fingerprint density at radius 3 is 2.65 bits per heavy atom. The van der Waals surface area contributed by atoms with Gasteiger partial charge in [0.05, 0.1) is 21.9 Å². The first-order chi connectivity index (χ1) is 12.6. The van der Waals surface area contributed by atoms with Crippen LogP contribution in [0.2, 0.25) is 10.0 Å². The molecule has 2 heterocycles. The number of hydrogen-bond donors (Lipinski definition) is 0. The first kappa shape index (κ1) is 16.8. The molecule has 0 N–H and O–H groups in total. The number of carbonyl (C=O) groups excluding carboxylic acids is 1. The third-order valence-electron chi connectivity index (χ3n) is 3.92. The van der Waals surface area contributed by atoms with E-state index in [1.165, 1.54) is 12.5 Å². The highest BCUT2D eigenvalue weighted by molar-refractivity contribution is 6.42. The molecule has 4 rings (SSSR count). The van der Waals surface area contributed by atoms with Crippen molar-refractivity contribution in [2.24, 2.45) is 0 Å². The summed E-state index contributed by atoms with van der Waals surface area (Å²) in [6, 6.07) is 13.9. The molecular weight excluding hydrogens is 375 g/mol. The highest BCUT2D eigenvalue weighted by Crippen LogP contribution is 2.29. The smallest absolute Gasteiger partial charge is 0.232 e. The second-order valence-corrected chi connectivity index (χ2v) is 6.47. The maximum absolute atomic E-state index is 12.5. The van der Waals surface area contributed by atoms with Crippen molar-refractivity contribution in [1.29, 1.82) is 0 Å². The Morgan fingerprint density at radius 2 is 1.88 bits per heavy atom. The molecule has 4 nitrogen and oxygen atoms in total. The Labute approximate surface area is 158 Å². The van der Waals surface area contributed by atoms with Gasteiger partial charge in [0.25, 0.3) is 0 Å². The molecule has 0 aliphatic rings. The monoisotopic (exact) mass is 386 g/mol. The van der Waals surface area contributed by atoms with E-state index in [2.05, 4.69) is 0 Å². The van der Waals surface area contributed by atoms with Crippen molar-refractivity contribution in [3.8, 4) is 5.75 Å². The molecule has 4 aromatic rings. The van der Waals surface area contributed by atoms with Gasteiger partial charge in [0, 0.05) is 5.39 Å². The minimum Gasteiger partial charge on any atom is -0.489 e. The minimum atomic E-state index is -0.240. The van der Waals surface area contributed by atoms with Crippen LogP contribution in [0.25, 0.3) is 11.0 Å². The van der Waals surface area contributed by atoms with Crippen LogP contribution < -0.4 is 4.74 Å². The predicted molar refractivity (Wildman–Crippen MR) is 99.1 cm³/mol. The molecule has 2 aromatic carbocycles. The summed E-state index contributed by atoms with van der Waals surface area (Å²) in [7, 11) is 0. The van der Waals surface area contributed by atoms with Crippen molar-refractivity contribution in [3.05, 3.63) is 88.0 Å². The number of ketones is 1. The average molecular weight is 387 g/mol. The predicted octanol–water partition coefficient (Wildman–Crippen LogP) is 6.14. The fourth-order valence-corrected chi connectivity index (χ4v) is 2.93. The Morgan fingerprint density at radius 1 is 1.00 bits per heavy atom. The number of halogens is 2. The molecule has 130 valence electrons. The van der Waals surface area contributed by atoms with E-state index in [1.54, 1.807) is 42.5 Å². The van der Waals surface area contributed by atoms with Crippen LogP contribution in [-0.2, 0) is 6.61 Å². The van der Waals surface area contributed by atoms with Gasteiger partial charge in [0.2, 0.25) is 5.78 Å². The van der Waals surface area contributed by atoms with E-state index in [0.717, 1.165) is 5.56 Å². The number of furan rings is 2. The maximum atomic E-state index is 12.5. The summed E-state index contributed by atoms with van der Waals surface area (Å²) < 4.78 is 16.5. The summed E-state index contributed by atoms with van der Waals surface area (Å²) in [6.07, 6.45) is 2.89. The molecule has 0 aliphatic carbocycles. The van der Waals surface area contributed by atoms with E-state index < -0.39 is 0 Å². The van der Waals surface area contributed by atoms with Crippen molar-refractivity contribution >= 4 is 40.0 Å². The van der Waals surface area contributed by atoms with Gasteiger partial charge >= 0.3 is 0 Å². The fraction of sp³-hybridized carbons (Fsp3) is 0.0500. The highest BCUT2D eigenvalue weighted by Gasteiger charge is 2.18. The van der Waals surface area contributed by atoms with Gasteiger partial charge in [0.1, 0.15) is 24.2 Å². The van der Waals surface area contributed by atoms with Gasteiger partial charge in [-0.2, -0.15) is 0 Å². The number of rotatable bonds is 5. The van der Waals surface area contributed by atoms with Gasteiger partial charge in [-0.05, 0) is 48.0 Å². The van der Waals surface area contributed by atoms with Crippen molar-refractivity contribution in [2.45, 2.75) is 6.61 Å². The zero-order valence-electron chi connectivity index (χ0n) is 13.4. The summed E-state index contributed by atoms with van der Waals surface area (Å²) in [6.45, 7) is 0.321. The fourth-order valence-electron chi connectivity index (χ4n) is 2.61. The third kappa shape index (κ3) is 3.21. The van der Waals surface area contributed by atoms with Crippen LogP contribution in [0.5, 0.6) is 5.75 Å². The first-order valence-corrected chi connectivity index (χ1v) is 8.53. The van der Waals surface area contributed by atoms with Gasteiger partial charge in [0.15, 0.2) is 5.76 Å². The van der Waals surface area contributed by atoms with E-state index in [1.807, 2.05) is 6.07 Å². The lowest BCUT2D eigenvalue weighted by atomic mass is 10.1. The first-order valence-electron chi connectivity index (χ1n) is 7.78. The Kier molecular flexibility index (Phi) is 4.45. The van der Waals surface area contributed by atoms with E-state index in [4.69, 9.17) is 36.8 Å². The van der Waals surface area contributed by atoms with Gasteiger partial charge in [-0.3, -0.25) is 4.79 Å². The van der Waals surface area contributed by atoms with Crippen LogP contribution in [-0.4, -0.2) is 5.78 Å². The lowest BCUT2D eigenvalue weighted by Crippen LogP contribution is -1.99. The zero-order valence-corrected chi connectivity index (χ0v) is 14.9. The van der Waals surface area contributed by atoms with Gasteiger partial charge < -0.3 is 13.6 Å². The van der Waals surface area contributed by atoms with Crippen molar-refractivity contribution in [2.75, 3.05) is 0 Å². The molecule has 0 aliphatic heterocycles. The van der Waals surface area contributed by atoms with Gasteiger partial charge in [-0.1, -0.05) is 29.3 Å². The molecule has 0 radical (unpaired) electrons. The lowest BCUT2D eigenvalue weighted by molar-refractivity contribution is 0.101. The third-order valence-corrected chi connectivity index (χ3v) is 4.66. The standard InChI is InChI=1S/C20H12Cl2O4/c21-16-5-3-12(8-17(16)22)10-25-13-4-6-18-14(9-13)15(11-26-18)20(23)19-2-1-7-24-19/h1-9,11H,10H2. The van der Waals surface area contributed by atoms with Gasteiger partial charge in [-0.25, -0.2) is 0 Å². The van der Waals surface area contributed by atoms with Crippen LogP contribution in [0.3, 0.4) is 0 Å². The van der Waals surface area contributed by atoms with Crippen LogP contribution in [0.15, 0.2) is 69.9 Å². The van der Waals surface area contributed by atoms with Gasteiger partial charge in [-0.15, -0.1) is 0 Å². The number of hydrogen-bond acceptors (Lipinski definition) is 4. The van der Waals surface area contributed by atoms with E-state index in [0.29, 0.717) is 38.9 Å². The molecule has 0 unspecified atom stereocenters. The largest absolute Gasteiger partial charge is 0.489 e. The molecular formula is C20H12Cl2O4. The summed E-state index contributed by atoms with van der Waals surface area (Å²) in [5.41, 5.74) is 1.91. The summed E-state index contributed by atoms with van der Waals surface area (Å²) in [4.78, 5) is 12.5. The average Bonchev–Trinajstić information content (AvgIpc) is 3.31. The molecule has 0 spiro atoms. The molecule has 0 amide bonds. The number of carbonyl (C=O) groups is 1. The topological polar surface area (TPSA) is 52.6 Å². The summed E-state index contributed by atoms with van der Waals surface area (Å²) in [5, 5.41) is 1.64. The Balaban J connectivity index is 1.59. The van der Waals surface area contributed by atoms with Crippen molar-refractivity contribution < 1.29 is 18.4 Å². The zero-order chi connectivity index (χ0) is 18.1. The van der Waals surface area contributed by atoms with Crippen molar-refractivity contribution in [1.82, 2.24) is 0 Å². The normalized spacial score (nSPS) is 11.0. The molecule has 0 fully saturated rings. The van der Waals surface area contributed by atoms with Crippen LogP contribution in [0.1, 0.15) is 21.7 Å². The maximum Gasteiger partial charge on any atom is 0.232 e. The quantitative estimate of drug-likeness (QED) is 0.386. The van der Waals surface area contributed by atoms with Crippen LogP contribution in [0.4, 0.5) is 0 Å². The SMILES string of the molecule is O=C(c1ccco1)c1coc2ccc(OCc3ccc(Cl)c(Cl)c3)cc12.